The van der Waals surface area contributed by atoms with E-state index in [1.165, 1.54) is 51.5 Å². The topological polar surface area (TPSA) is 37.3 Å². The Morgan fingerprint density at radius 2 is 1.87 bits per heavy atom. The van der Waals surface area contributed by atoms with Gasteiger partial charge in [-0.2, -0.15) is 0 Å². The second-order valence-corrected chi connectivity index (χ2v) is 9.99. The van der Waals surface area contributed by atoms with Gasteiger partial charge in [0.2, 0.25) is 0 Å². The van der Waals surface area contributed by atoms with Crippen molar-refractivity contribution in [1.29, 1.82) is 0 Å². The molecule has 30 heavy (non-hydrogen) atoms. The number of carbonyl (C=O) groups is 1. The van der Waals surface area contributed by atoms with Crippen molar-refractivity contribution in [2.75, 3.05) is 5.32 Å². The lowest BCUT2D eigenvalue weighted by Gasteiger charge is -2.33. The van der Waals surface area contributed by atoms with Crippen LogP contribution in [-0.2, 0) is 19.4 Å². The van der Waals surface area contributed by atoms with E-state index in [1.54, 1.807) is 0 Å². The van der Waals surface area contributed by atoms with Crippen molar-refractivity contribution in [3.8, 4) is 5.00 Å². The lowest BCUT2D eigenvalue weighted by molar-refractivity contribution is 0.161. The minimum atomic E-state index is -0.0195. The number of aromatic nitrogens is 1. The van der Waals surface area contributed by atoms with Gasteiger partial charge in [0.15, 0.2) is 0 Å². The predicted octanol–water partition coefficient (Wildman–Crippen LogP) is 6.47. The number of thiophene rings is 1. The van der Waals surface area contributed by atoms with Crippen LogP contribution in [0.3, 0.4) is 0 Å². The van der Waals surface area contributed by atoms with Crippen molar-refractivity contribution < 1.29 is 4.79 Å². The molecule has 1 aliphatic heterocycles. The second-order valence-electron chi connectivity index (χ2n) is 8.91. The summed E-state index contributed by atoms with van der Waals surface area (Å²) >= 11 is 1.94. The van der Waals surface area contributed by atoms with Crippen molar-refractivity contribution >= 4 is 23.1 Å². The number of amides is 2. The first-order valence-corrected chi connectivity index (χ1v) is 11.8. The third-order valence-electron chi connectivity index (χ3n) is 6.42. The molecule has 1 aliphatic carbocycles. The first-order valence-electron chi connectivity index (χ1n) is 11.0. The Morgan fingerprint density at radius 3 is 2.63 bits per heavy atom. The van der Waals surface area contributed by atoms with Crippen LogP contribution in [0.2, 0.25) is 0 Å². The highest BCUT2D eigenvalue weighted by atomic mass is 32.1. The first-order chi connectivity index (χ1) is 14.5. The van der Waals surface area contributed by atoms with Crippen molar-refractivity contribution in [2.24, 2.45) is 5.92 Å². The van der Waals surface area contributed by atoms with Crippen LogP contribution in [0.15, 0.2) is 42.6 Å². The predicted molar refractivity (Wildman–Crippen MR) is 124 cm³/mol. The number of urea groups is 1. The van der Waals surface area contributed by atoms with Gasteiger partial charge in [0.1, 0.15) is 5.00 Å². The van der Waals surface area contributed by atoms with Gasteiger partial charge >= 0.3 is 6.03 Å². The summed E-state index contributed by atoms with van der Waals surface area (Å²) in [5.41, 5.74) is 6.10. The summed E-state index contributed by atoms with van der Waals surface area (Å²) in [4.78, 5) is 17.1. The lowest BCUT2D eigenvalue weighted by atomic mass is 9.94. The highest BCUT2D eigenvalue weighted by molar-refractivity contribution is 7.15. The van der Waals surface area contributed by atoms with Gasteiger partial charge in [0, 0.05) is 28.0 Å². The Morgan fingerprint density at radius 1 is 1.10 bits per heavy atom. The molecular formula is C25H29N3OS. The minimum Gasteiger partial charge on any atom is -0.311 e. The lowest BCUT2D eigenvalue weighted by Crippen LogP contribution is -2.39. The zero-order valence-electron chi connectivity index (χ0n) is 17.9. The molecule has 1 aromatic carbocycles. The van der Waals surface area contributed by atoms with Crippen LogP contribution in [0.5, 0.6) is 0 Å². The molecule has 0 unspecified atom stereocenters. The first kappa shape index (κ1) is 19.4. The number of fused-ring (bicyclic) bond motifs is 5. The molecule has 1 N–H and O–H groups in total. The molecule has 0 fully saturated rings. The maximum atomic E-state index is 13.6. The van der Waals surface area contributed by atoms with Crippen molar-refractivity contribution in [3.63, 3.8) is 0 Å². The van der Waals surface area contributed by atoms with E-state index in [0.29, 0.717) is 12.5 Å². The van der Waals surface area contributed by atoms with E-state index in [-0.39, 0.29) is 12.1 Å². The van der Waals surface area contributed by atoms with Gasteiger partial charge in [-0.1, -0.05) is 31.5 Å². The Hall–Kier alpha value is -2.53. The third-order valence-corrected chi connectivity index (χ3v) is 7.75. The molecule has 3 aromatic rings. The van der Waals surface area contributed by atoms with E-state index in [9.17, 15) is 4.79 Å². The third kappa shape index (κ3) is 3.25. The zero-order valence-corrected chi connectivity index (χ0v) is 18.8. The maximum Gasteiger partial charge on any atom is 0.322 e. The standard InChI is InChI=1S/C25H29N3OS/c1-16(2)23-21-8-6-14-27(21)24-20(19-7-4-5-9-22(19)30-24)15-28(23)25(29)26-18-12-10-17(3)11-13-18/h6,8,10-14,16,23H,4-5,7,9,15H2,1-3H3,(H,26,29)/t23-/m0/s1. The van der Waals surface area contributed by atoms with Gasteiger partial charge in [0.05, 0.1) is 12.6 Å². The molecule has 1 atom stereocenters. The number of hydrogen-bond donors (Lipinski definition) is 1. The summed E-state index contributed by atoms with van der Waals surface area (Å²) in [5, 5.41) is 4.48. The van der Waals surface area contributed by atoms with Gasteiger partial charge in [-0.25, -0.2) is 4.79 Å². The molecule has 0 radical (unpaired) electrons. The van der Waals surface area contributed by atoms with Crippen molar-refractivity contribution in [2.45, 2.75) is 59.0 Å². The van der Waals surface area contributed by atoms with Crippen LogP contribution in [0.1, 0.15) is 60.0 Å². The normalized spacial score (nSPS) is 17.9. The van der Waals surface area contributed by atoms with Crippen LogP contribution in [0.25, 0.3) is 5.00 Å². The average molecular weight is 420 g/mol. The van der Waals surface area contributed by atoms with Crippen LogP contribution < -0.4 is 5.32 Å². The minimum absolute atomic E-state index is 0.0195. The zero-order chi connectivity index (χ0) is 20.8. The summed E-state index contributed by atoms with van der Waals surface area (Å²) in [6, 6.07) is 12.4. The average Bonchev–Trinajstić information content (AvgIpc) is 3.31. The monoisotopic (exact) mass is 419 g/mol. The fraction of sp³-hybridized carbons (Fsp3) is 0.400. The molecule has 5 rings (SSSR count). The van der Waals surface area contributed by atoms with E-state index in [0.717, 1.165) is 12.1 Å². The molecule has 2 aliphatic rings. The highest BCUT2D eigenvalue weighted by Crippen LogP contribution is 2.44. The fourth-order valence-electron chi connectivity index (χ4n) is 4.95. The summed E-state index contributed by atoms with van der Waals surface area (Å²) < 4.78 is 2.35. The van der Waals surface area contributed by atoms with Crippen LogP contribution in [-0.4, -0.2) is 15.5 Å². The molecule has 2 aromatic heterocycles. The molecule has 0 spiro atoms. The molecule has 5 heteroatoms. The molecule has 0 saturated heterocycles. The fourth-order valence-corrected chi connectivity index (χ4v) is 6.36. The van der Waals surface area contributed by atoms with Gasteiger partial charge < -0.3 is 14.8 Å². The number of carbonyl (C=O) groups excluding carboxylic acids is 1. The molecule has 3 heterocycles. The summed E-state index contributed by atoms with van der Waals surface area (Å²) in [7, 11) is 0. The molecule has 4 nitrogen and oxygen atoms in total. The number of nitrogens with zero attached hydrogens (tertiary/aromatic N) is 2. The van der Waals surface area contributed by atoms with Gasteiger partial charge in [0.25, 0.3) is 0 Å². The quantitative estimate of drug-likeness (QED) is 0.508. The molecule has 2 amide bonds. The summed E-state index contributed by atoms with van der Waals surface area (Å²) in [5.74, 6) is 0.312. The van der Waals surface area contributed by atoms with E-state index in [2.05, 4.69) is 53.9 Å². The molecule has 0 bridgehead atoms. The van der Waals surface area contributed by atoms with Crippen LogP contribution in [0, 0.1) is 12.8 Å². The van der Waals surface area contributed by atoms with Gasteiger partial charge in [-0.3, -0.25) is 0 Å². The Kier molecular flexibility index (Phi) is 4.94. The number of anilines is 1. The van der Waals surface area contributed by atoms with Gasteiger partial charge in [-0.15, -0.1) is 11.3 Å². The summed E-state index contributed by atoms with van der Waals surface area (Å²) in [6.45, 7) is 7.15. The Balaban J connectivity index is 1.58. The Labute approximate surface area is 182 Å². The molecule has 156 valence electrons. The Bertz CT molecular complexity index is 1080. The van der Waals surface area contributed by atoms with E-state index in [1.807, 2.05) is 35.6 Å². The number of rotatable bonds is 2. The largest absolute Gasteiger partial charge is 0.322 e. The second kappa shape index (κ2) is 7.62. The number of aryl methyl sites for hydroxylation is 2. The number of benzene rings is 1. The summed E-state index contributed by atoms with van der Waals surface area (Å²) in [6.07, 6.45) is 7.01. The van der Waals surface area contributed by atoms with Crippen LogP contribution >= 0.6 is 11.3 Å². The maximum absolute atomic E-state index is 13.6. The smallest absolute Gasteiger partial charge is 0.311 e. The SMILES string of the molecule is Cc1ccc(NC(=O)N2Cc3c(sc4c3CCCC4)-n3cccc3[C@@H]2C(C)C)cc1. The van der Waals surface area contributed by atoms with Crippen molar-refractivity contribution in [3.05, 3.63) is 69.9 Å². The van der Waals surface area contributed by atoms with E-state index >= 15 is 0 Å². The molecule has 0 saturated carbocycles. The van der Waals surface area contributed by atoms with Crippen LogP contribution in [0.4, 0.5) is 10.5 Å². The van der Waals surface area contributed by atoms with E-state index < -0.39 is 0 Å². The van der Waals surface area contributed by atoms with Crippen molar-refractivity contribution in [1.82, 2.24) is 9.47 Å². The highest BCUT2D eigenvalue weighted by Gasteiger charge is 2.36. The number of nitrogens with one attached hydrogen (secondary N) is 1. The molecular weight excluding hydrogens is 390 g/mol. The van der Waals surface area contributed by atoms with Gasteiger partial charge in [-0.05, 0) is 68.4 Å². The number of hydrogen-bond acceptors (Lipinski definition) is 2. The van der Waals surface area contributed by atoms with E-state index in [4.69, 9.17) is 0 Å².